The maximum absolute atomic E-state index is 6.31. The molecule has 3 aromatic carbocycles. The SMILES string of the molecule is COc1cc(-c2nnc(-c3sc(-c4nnc(-c5cc(OC)c(-c6nnc(-c7sc(-c8nnc(-c9cc(OC)c(-c%10nnc(-c%11sccc%11C)o%10)cc9OC)o8)cc7C)o6)cc5OC)o4)cc3C)o2)c(OC)cc1-c1nnco1. The van der Waals surface area contributed by atoms with Crippen molar-refractivity contribution in [3.8, 4) is 157 Å². The Bertz CT molecular complexity index is 4160. The Balaban J connectivity index is 0.776. The lowest BCUT2D eigenvalue weighted by Gasteiger charge is -2.11. The van der Waals surface area contributed by atoms with E-state index in [0.717, 1.165) is 21.6 Å². The Morgan fingerprint density at radius 1 is 0.333 bits per heavy atom. The third kappa shape index (κ3) is 8.73. The molecule has 0 bridgehead atoms. The van der Waals surface area contributed by atoms with Crippen LogP contribution in [0.15, 0.2) is 92.9 Å². The molecule has 9 heterocycles. The van der Waals surface area contributed by atoms with Gasteiger partial charge in [0.2, 0.25) is 6.39 Å². The molecular formula is C51H38N12O12S3. The molecule has 9 aromatic heterocycles. The molecule has 0 atom stereocenters. The largest absolute Gasteiger partial charge is 0.496 e. The first-order chi connectivity index (χ1) is 38.1. The van der Waals surface area contributed by atoms with E-state index in [0.29, 0.717) is 93.3 Å². The molecular weight excluding hydrogens is 1070 g/mol. The number of nitrogens with zero attached hydrogens (tertiary/aromatic N) is 12. The first-order valence-corrected chi connectivity index (χ1v) is 25.6. The Morgan fingerprint density at radius 2 is 0.641 bits per heavy atom. The van der Waals surface area contributed by atoms with Crippen molar-refractivity contribution in [2.75, 3.05) is 42.7 Å². The molecule has 0 N–H and O–H groups in total. The minimum atomic E-state index is 0.165. The predicted molar refractivity (Wildman–Crippen MR) is 281 cm³/mol. The molecule has 0 saturated heterocycles. The Kier molecular flexibility index (Phi) is 12.7. The molecule has 0 radical (unpaired) electrons. The first-order valence-electron chi connectivity index (χ1n) is 23.1. The highest BCUT2D eigenvalue weighted by atomic mass is 32.1. The van der Waals surface area contributed by atoms with Gasteiger partial charge in [0.05, 0.1) is 100 Å². The summed E-state index contributed by atoms with van der Waals surface area (Å²) in [5.74, 6) is 5.14. The third-order valence-corrected chi connectivity index (χ3v) is 15.6. The average Bonchev–Trinajstić information content (AvgIpc) is 4.37. The summed E-state index contributed by atoms with van der Waals surface area (Å²) < 4.78 is 71.0. The van der Waals surface area contributed by atoms with Crippen LogP contribution in [0.4, 0.5) is 0 Å². The zero-order chi connectivity index (χ0) is 53.8. The van der Waals surface area contributed by atoms with Crippen LogP contribution in [0.1, 0.15) is 16.7 Å². The molecule has 27 heteroatoms. The van der Waals surface area contributed by atoms with E-state index in [-0.39, 0.29) is 58.9 Å². The van der Waals surface area contributed by atoms with Crippen molar-refractivity contribution < 1.29 is 54.9 Å². The maximum Gasteiger partial charge on any atom is 0.258 e. The van der Waals surface area contributed by atoms with E-state index in [9.17, 15) is 0 Å². The lowest BCUT2D eigenvalue weighted by molar-refractivity contribution is 0.402. The fourth-order valence-electron chi connectivity index (χ4n) is 8.31. The summed E-state index contributed by atoms with van der Waals surface area (Å²) in [5.41, 5.74) is 5.67. The van der Waals surface area contributed by atoms with Crippen LogP contribution >= 0.6 is 34.0 Å². The minimum Gasteiger partial charge on any atom is -0.496 e. The number of thiophene rings is 3. The van der Waals surface area contributed by atoms with Crippen LogP contribution in [0, 0.1) is 20.8 Å². The molecule has 78 heavy (non-hydrogen) atoms. The van der Waals surface area contributed by atoms with Gasteiger partial charge >= 0.3 is 0 Å². The zero-order valence-electron chi connectivity index (χ0n) is 42.3. The smallest absolute Gasteiger partial charge is 0.258 e. The van der Waals surface area contributed by atoms with Gasteiger partial charge in [0.15, 0.2) is 0 Å². The average molecular weight is 1110 g/mol. The Hall–Kier alpha value is -9.60. The van der Waals surface area contributed by atoms with Crippen LogP contribution in [-0.4, -0.2) is 104 Å². The van der Waals surface area contributed by atoms with E-state index in [2.05, 4.69) is 61.2 Å². The van der Waals surface area contributed by atoms with E-state index in [1.807, 2.05) is 44.4 Å². The maximum atomic E-state index is 6.31. The van der Waals surface area contributed by atoms with Crippen LogP contribution < -0.4 is 28.4 Å². The van der Waals surface area contributed by atoms with Crippen molar-refractivity contribution in [2.45, 2.75) is 20.8 Å². The lowest BCUT2D eigenvalue weighted by Crippen LogP contribution is -1.94. The predicted octanol–water partition coefficient (Wildman–Crippen LogP) is 11.5. The lowest BCUT2D eigenvalue weighted by atomic mass is 10.1. The van der Waals surface area contributed by atoms with Crippen LogP contribution in [-0.2, 0) is 0 Å². The number of hydrogen-bond donors (Lipinski definition) is 0. The fraction of sp³-hybridized carbons (Fsp3) is 0.176. The number of aromatic nitrogens is 12. The van der Waals surface area contributed by atoms with Crippen LogP contribution in [0.25, 0.3) is 123 Å². The number of methoxy groups -OCH3 is 6. The highest BCUT2D eigenvalue weighted by Crippen LogP contribution is 2.47. The van der Waals surface area contributed by atoms with Crippen molar-refractivity contribution in [3.05, 3.63) is 83.1 Å². The molecule has 0 aliphatic rings. The van der Waals surface area contributed by atoms with Gasteiger partial charge in [-0.3, -0.25) is 0 Å². The van der Waals surface area contributed by atoms with Crippen LogP contribution in [0.5, 0.6) is 34.5 Å². The van der Waals surface area contributed by atoms with Crippen molar-refractivity contribution >= 4 is 34.0 Å². The van der Waals surface area contributed by atoms with E-state index >= 15 is 0 Å². The highest BCUT2D eigenvalue weighted by molar-refractivity contribution is 7.19. The van der Waals surface area contributed by atoms with Crippen molar-refractivity contribution in [3.63, 3.8) is 0 Å². The van der Waals surface area contributed by atoms with Gasteiger partial charge in [-0.15, -0.1) is 95.2 Å². The number of benzene rings is 3. The van der Waals surface area contributed by atoms with Gasteiger partial charge in [0.1, 0.15) is 34.5 Å². The molecule has 0 spiro atoms. The van der Waals surface area contributed by atoms with Crippen LogP contribution in [0.2, 0.25) is 0 Å². The standard InChI is InChI=1S/C51H38N12O12S3/c1-21-10-11-76-38(21)49-61-56-44(73-49)28-18-32(66-6)25(16-34(28)68-8)42-54-59-47(71-42)37-13-23(3)40(78-37)51-63-58-46(75-51)29-19-33(67-7)26(17-35(29)69-9)43-55-60-48(72-43)36-12-22(2)39(77-36)50-62-57-45(74-50)27-15-30(64-4)24(14-31(27)65-5)41-53-52-20-70-41/h10-20H,1-9H3. The van der Waals surface area contributed by atoms with E-state index in [1.165, 1.54) is 76.0 Å². The quantitative estimate of drug-likeness (QED) is 0.0818. The Labute approximate surface area is 451 Å². The zero-order valence-corrected chi connectivity index (χ0v) is 44.8. The van der Waals surface area contributed by atoms with Gasteiger partial charge in [0, 0.05) is 0 Å². The van der Waals surface area contributed by atoms with E-state index < -0.39 is 0 Å². The second kappa shape index (κ2) is 20.2. The van der Waals surface area contributed by atoms with Gasteiger partial charge in [-0.1, -0.05) is 0 Å². The summed E-state index contributed by atoms with van der Waals surface area (Å²) in [5, 5.41) is 53.3. The van der Waals surface area contributed by atoms with Gasteiger partial charge in [-0.05, 0) is 97.4 Å². The minimum absolute atomic E-state index is 0.165. The molecule has 0 saturated carbocycles. The van der Waals surface area contributed by atoms with Crippen molar-refractivity contribution in [2.24, 2.45) is 0 Å². The van der Waals surface area contributed by atoms with E-state index in [1.54, 1.807) is 43.5 Å². The molecule has 0 aliphatic carbocycles. The van der Waals surface area contributed by atoms with Crippen LogP contribution in [0.3, 0.4) is 0 Å². The third-order valence-electron chi connectivity index (χ3n) is 12.1. The van der Waals surface area contributed by atoms with Crippen molar-refractivity contribution in [1.29, 1.82) is 0 Å². The molecule has 12 aromatic rings. The second-order valence-electron chi connectivity index (χ2n) is 16.7. The molecule has 0 aliphatic heterocycles. The number of aryl methyl sites for hydroxylation is 3. The van der Waals surface area contributed by atoms with Gasteiger partial charge in [0.25, 0.3) is 64.8 Å². The number of rotatable bonds is 17. The first kappa shape index (κ1) is 49.3. The number of hydrogen-bond acceptors (Lipinski definition) is 27. The van der Waals surface area contributed by atoms with Crippen molar-refractivity contribution in [1.82, 2.24) is 61.2 Å². The summed E-state index contributed by atoms with van der Waals surface area (Å²) in [6.07, 6.45) is 1.23. The topological polar surface area (TPSA) is 289 Å². The molecule has 24 nitrogen and oxygen atoms in total. The molecule has 392 valence electrons. The molecule has 0 unspecified atom stereocenters. The monoisotopic (exact) mass is 1110 g/mol. The summed E-state index contributed by atoms with van der Waals surface area (Å²) in [7, 11) is 9.17. The summed E-state index contributed by atoms with van der Waals surface area (Å²) in [6.45, 7) is 5.81. The molecule has 0 fully saturated rings. The van der Waals surface area contributed by atoms with Gasteiger partial charge < -0.3 is 54.9 Å². The molecule has 12 rings (SSSR count). The van der Waals surface area contributed by atoms with E-state index in [4.69, 9.17) is 54.9 Å². The summed E-state index contributed by atoms with van der Waals surface area (Å²) in [4.78, 5) is 3.58. The summed E-state index contributed by atoms with van der Waals surface area (Å²) >= 11 is 4.19. The van der Waals surface area contributed by atoms with Gasteiger partial charge in [-0.2, -0.15) is 0 Å². The fourth-order valence-corrected chi connectivity index (χ4v) is 11.2. The summed E-state index contributed by atoms with van der Waals surface area (Å²) in [6, 6.07) is 16.0. The highest BCUT2D eigenvalue weighted by Gasteiger charge is 2.28. The molecule has 0 amide bonds. The second-order valence-corrected chi connectivity index (χ2v) is 19.8. The van der Waals surface area contributed by atoms with Gasteiger partial charge in [-0.25, -0.2) is 0 Å². The number of ether oxygens (including phenoxy) is 6. The normalized spacial score (nSPS) is 11.4. The Morgan fingerprint density at radius 3 is 0.949 bits per heavy atom.